The second-order valence-corrected chi connectivity index (χ2v) is 8.76. The number of piperidine rings is 1. The van der Waals surface area contributed by atoms with Crippen LogP contribution in [-0.2, 0) is 4.79 Å². The highest BCUT2D eigenvalue weighted by Crippen LogP contribution is 2.33. The molecule has 1 aliphatic rings. The molecular formula is C23H28N4O3S. The lowest BCUT2D eigenvalue weighted by Gasteiger charge is -2.32. The number of carbonyl (C=O) groups is 1. The van der Waals surface area contributed by atoms with Crippen LogP contribution in [0.15, 0.2) is 34.4 Å². The number of carbonyl (C=O) groups excluding carboxylic acids is 1. The van der Waals surface area contributed by atoms with Crippen LogP contribution in [0.2, 0.25) is 0 Å². The van der Waals surface area contributed by atoms with Crippen LogP contribution in [0.4, 0.5) is 5.95 Å². The van der Waals surface area contributed by atoms with E-state index < -0.39 is 0 Å². The fourth-order valence-corrected chi connectivity index (χ4v) is 4.89. The molecule has 0 radical (unpaired) electrons. The van der Waals surface area contributed by atoms with Crippen molar-refractivity contribution < 1.29 is 9.53 Å². The third kappa shape index (κ3) is 4.58. The van der Waals surface area contributed by atoms with E-state index in [-0.39, 0.29) is 17.4 Å². The Morgan fingerprint density at radius 2 is 2.29 bits per heavy atom. The molecule has 164 valence electrons. The minimum Gasteiger partial charge on any atom is -0.497 e. The monoisotopic (exact) mass is 440 g/mol. The van der Waals surface area contributed by atoms with Gasteiger partial charge in [0.1, 0.15) is 10.4 Å². The Labute approximate surface area is 185 Å². The largest absolute Gasteiger partial charge is 0.497 e. The van der Waals surface area contributed by atoms with E-state index in [9.17, 15) is 9.59 Å². The van der Waals surface area contributed by atoms with Crippen molar-refractivity contribution in [1.29, 1.82) is 0 Å². The number of nitrogens with one attached hydrogen (secondary N) is 2. The van der Waals surface area contributed by atoms with Gasteiger partial charge < -0.3 is 15.0 Å². The number of unbranched alkanes of at least 4 members (excludes halogenated alkanes) is 1. The predicted octanol–water partition coefficient (Wildman–Crippen LogP) is 3.79. The van der Waals surface area contributed by atoms with E-state index in [1.54, 1.807) is 7.11 Å². The molecule has 1 fully saturated rings. The molecule has 3 aromatic rings. The van der Waals surface area contributed by atoms with Gasteiger partial charge in [-0.1, -0.05) is 25.5 Å². The Morgan fingerprint density at radius 1 is 1.42 bits per heavy atom. The normalized spacial score (nSPS) is 16.5. The van der Waals surface area contributed by atoms with Crippen molar-refractivity contribution in [2.24, 2.45) is 5.92 Å². The van der Waals surface area contributed by atoms with Crippen LogP contribution in [0, 0.1) is 5.92 Å². The number of aromatic amines is 1. The first-order valence-electron chi connectivity index (χ1n) is 10.8. The topological polar surface area (TPSA) is 87.3 Å². The van der Waals surface area contributed by atoms with Crippen molar-refractivity contribution in [1.82, 2.24) is 15.3 Å². The van der Waals surface area contributed by atoms with Crippen LogP contribution in [0.3, 0.4) is 0 Å². The zero-order chi connectivity index (χ0) is 21.8. The lowest BCUT2D eigenvalue weighted by molar-refractivity contribution is -0.125. The average Bonchev–Trinajstić information content (AvgIpc) is 3.24. The van der Waals surface area contributed by atoms with Crippen LogP contribution < -0.4 is 20.5 Å². The predicted molar refractivity (Wildman–Crippen MR) is 125 cm³/mol. The molecule has 2 N–H and O–H groups in total. The molecular weight excluding hydrogens is 412 g/mol. The molecule has 0 bridgehead atoms. The molecule has 1 atom stereocenters. The van der Waals surface area contributed by atoms with Gasteiger partial charge in [-0.15, -0.1) is 11.3 Å². The minimum atomic E-state index is -0.145. The molecule has 1 saturated heterocycles. The Bertz CT molecular complexity index is 1120. The van der Waals surface area contributed by atoms with Gasteiger partial charge in [0.2, 0.25) is 11.9 Å². The van der Waals surface area contributed by atoms with Crippen molar-refractivity contribution in [3.05, 3.63) is 40.0 Å². The van der Waals surface area contributed by atoms with Gasteiger partial charge in [0.25, 0.3) is 5.56 Å². The molecule has 0 aliphatic carbocycles. The number of anilines is 1. The fourth-order valence-electron chi connectivity index (χ4n) is 3.98. The standard InChI is InChI=1S/C23H28N4O3S/c1-3-4-10-24-21(28)16-8-6-11-27(13-16)23-25-19-18(14-31-20(19)22(29)26-23)15-7-5-9-17(12-15)30-2/h5,7,9,12,14,16H,3-4,6,8,10-11,13H2,1-2H3,(H,24,28)(H,25,26,29)/t16-/m1/s1. The summed E-state index contributed by atoms with van der Waals surface area (Å²) in [7, 11) is 1.64. The summed E-state index contributed by atoms with van der Waals surface area (Å²) < 4.78 is 5.95. The maximum atomic E-state index is 12.8. The first-order chi connectivity index (χ1) is 15.1. The summed E-state index contributed by atoms with van der Waals surface area (Å²) in [6.07, 6.45) is 3.78. The second-order valence-electron chi connectivity index (χ2n) is 7.88. The maximum Gasteiger partial charge on any atom is 0.270 e. The number of hydrogen-bond donors (Lipinski definition) is 2. The number of nitrogens with zero attached hydrogens (tertiary/aromatic N) is 2. The Morgan fingerprint density at radius 3 is 3.10 bits per heavy atom. The Hall–Kier alpha value is -2.87. The fraction of sp³-hybridized carbons (Fsp3) is 0.435. The van der Waals surface area contributed by atoms with E-state index in [1.165, 1.54) is 11.3 Å². The number of aromatic nitrogens is 2. The van der Waals surface area contributed by atoms with Crippen molar-refractivity contribution >= 4 is 33.4 Å². The first-order valence-corrected chi connectivity index (χ1v) is 11.7. The number of benzene rings is 1. The van der Waals surface area contributed by atoms with Gasteiger partial charge in [0.15, 0.2) is 0 Å². The number of rotatable bonds is 7. The summed E-state index contributed by atoms with van der Waals surface area (Å²) in [6, 6.07) is 7.76. The van der Waals surface area contributed by atoms with Gasteiger partial charge in [-0.25, -0.2) is 4.98 Å². The van der Waals surface area contributed by atoms with Crippen molar-refractivity contribution in [2.75, 3.05) is 31.6 Å². The molecule has 2 aromatic heterocycles. The van der Waals surface area contributed by atoms with Gasteiger partial charge in [0.05, 0.1) is 18.5 Å². The number of fused-ring (bicyclic) bond motifs is 1. The SMILES string of the molecule is CCCCNC(=O)[C@@H]1CCCN(c2nc3c(-c4cccc(OC)c4)csc3c(=O)[nH]2)C1. The van der Waals surface area contributed by atoms with Gasteiger partial charge in [-0.05, 0) is 37.0 Å². The lowest BCUT2D eigenvalue weighted by Crippen LogP contribution is -2.44. The van der Waals surface area contributed by atoms with E-state index in [2.05, 4.69) is 17.2 Å². The Kier molecular flexibility index (Phi) is 6.56. The number of hydrogen-bond acceptors (Lipinski definition) is 6. The molecule has 0 saturated carbocycles. The van der Waals surface area contributed by atoms with Gasteiger partial charge in [-0.3, -0.25) is 14.6 Å². The zero-order valence-electron chi connectivity index (χ0n) is 17.9. The molecule has 0 spiro atoms. The summed E-state index contributed by atoms with van der Waals surface area (Å²) in [5.41, 5.74) is 2.42. The summed E-state index contributed by atoms with van der Waals surface area (Å²) in [6.45, 7) is 4.15. The van der Waals surface area contributed by atoms with Crippen LogP contribution in [0.5, 0.6) is 5.75 Å². The van der Waals surface area contributed by atoms with Gasteiger partial charge in [0, 0.05) is 30.6 Å². The highest BCUT2D eigenvalue weighted by atomic mass is 32.1. The quantitative estimate of drug-likeness (QED) is 0.546. The molecule has 1 aliphatic heterocycles. The number of H-pyrrole nitrogens is 1. The number of thiophene rings is 1. The number of ether oxygens (including phenoxy) is 1. The lowest BCUT2D eigenvalue weighted by atomic mass is 9.97. The third-order valence-corrected chi connectivity index (χ3v) is 6.68. The highest BCUT2D eigenvalue weighted by molar-refractivity contribution is 7.17. The summed E-state index contributed by atoms with van der Waals surface area (Å²) in [4.78, 5) is 35.1. The van der Waals surface area contributed by atoms with E-state index in [0.29, 0.717) is 29.3 Å². The molecule has 8 heteroatoms. The molecule has 7 nitrogen and oxygen atoms in total. The molecule has 4 rings (SSSR count). The number of methoxy groups -OCH3 is 1. The molecule has 1 aromatic carbocycles. The number of amides is 1. The molecule has 1 amide bonds. The van der Waals surface area contributed by atoms with Crippen molar-refractivity contribution in [2.45, 2.75) is 32.6 Å². The average molecular weight is 441 g/mol. The smallest absolute Gasteiger partial charge is 0.270 e. The van der Waals surface area contributed by atoms with Crippen LogP contribution >= 0.6 is 11.3 Å². The van der Waals surface area contributed by atoms with Crippen LogP contribution in [0.25, 0.3) is 21.3 Å². The second kappa shape index (κ2) is 9.51. The first kappa shape index (κ1) is 21.4. The minimum absolute atomic E-state index is 0.0908. The van der Waals surface area contributed by atoms with Crippen molar-refractivity contribution in [3.8, 4) is 16.9 Å². The van der Waals surface area contributed by atoms with E-state index >= 15 is 0 Å². The van der Waals surface area contributed by atoms with Crippen LogP contribution in [-0.4, -0.2) is 42.6 Å². The van der Waals surface area contributed by atoms with E-state index in [0.717, 1.165) is 49.1 Å². The third-order valence-electron chi connectivity index (χ3n) is 5.72. The van der Waals surface area contributed by atoms with Gasteiger partial charge in [-0.2, -0.15) is 0 Å². The summed E-state index contributed by atoms with van der Waals surface area (Å²) in [5, 5.41) is 5.00. The zero-order valence-corrected chi connectivity index (χ0v) is 18.8. The van der Waals surface area contributed by atoms with Crippen LogP contribution in [0.1, 0.15) is 32.6 Å². The van der Waals surface area contributed by atoms with E-state index in [4.69, 9.17) is 9.72 Å². The van der Waals surface area contributed by atoms with E-state index in [1.807, 2.05) is 34.5 Å². The van der Waals surface area contributed by atoms with Crippen molar-refractivity contribution in [3.63, 3.8) is 0 Å². The highest BCUT2D eigenvalue weighted by Gasteiger charge is 2.27. The molecule has 31 heavy (non-hydrogen) atoms. The molecule has 3 heterocycles. The summed E-state index contributed by atoms with van der Waals surface area (Å²) in [5.74, 6) is 1.29. The summed E-state index contributed by atoms with van der Waals surface area (Å²) >= 11 is 1.39. The van der Waals surface area contributed by atoms with Gasteiger partial charge >= 0.3 is 0 Å². The Balaban J connectivity index is 1.62. The molecule has 0 unspecified atom stereocenters. The maximum absolute atomic E-state index is 12.8.